The molecule has 1 aromatic heterocycles. The fourth-order valence-electron chi connectivity index (χ4n) is 2.17. The molecule has 1 rings (SSSR count). The Morgan fingerprint density at radius 3 is 2.65 bits per heavy atom. The number of nitriles is 2. The Labute approximate surface area is 118 Å². The van der Waals surface area contributed by atoms with Crippen molar-refractivity contribution in [1.29, 1.82) is 10.5 Å². The molecule has 0 saturated carbocycles. The molecule has 0 bridgehead atoms. The van der Waals surface area contributed by atoms with Crippen LogP contribution in [-0.4, -0.2) is 18.1 Å². The number of carbonyl (C=O) groups is 1. The largest absolute Gasteiger partial charge is 0.469 e. The summed E-state index contributed by atoms with van der Waals surface area (Å²) in [7, 11) is 1.33. The lowest BCUT2D eigenvalue weighted by molar-refractivity contribution is -0.142. The average Bonchev–Trinajstić information content (AvgIpc) is 2.46. The minimum Gasteiger partial charge on any atom is -0.469 e. The normalized spacial score (nSPS) is 13.1. The Kier molecular flexibility index (Phi) is 5.68. The summed E-state index contributed by atoms with van der Waals surface area (Å²) >= 11 is 0. The van der Waals surface area contributed by atoms with Crippen LogP contribution in [-0.2, 0) is 9.53 Å². The molecular formula is C15H17N3O2. The van der Waals surface area contributed by atoms with Crippen LogP contribution in [0, 0.1) is 34.5 Å². The van der Waals surface area contributed by atoms with Crippen LogP contribution in [0.15, 0.2) is 18.5 Å². The maximum Gasteiger partial charge on any atom is 0.305 e. The standard InChI is InChI=1S/C15H17N3O2/c1-10(2)12(6-15(19)20-3)13(8-17)14-9-18-5-4-11(14)7-16/h4-5,9-10,12-13H,6H2,1-3H3. The number of carbonyl (C=O) groups excluding carboxylic acids is 1. The molecule has 0 saturated heterocycles. The van der Waals surface area contributed by atoms with Gasteiger partial charge in [0.1, 0.15) is 0 Å². The molecule has 0 aliphatic carbocycles. The molecule has 0 aromatic carbocycles. The first-order valence-corrected chi connectivity index (χ1v) is 6.35. The van der Waals surface area contributed by atoms with Crippen LogP contribution in [0.25, 0.3) is 0 Å². The Morgan fingerprint density at radius 2 is 2.15 bits per heavy atom. The summed E-state index contributed by atoms with van der Waals surface area (Å²) in [4.78, 5) is 15.5. The van der Waals surface area contributed by atoms with Gasteiger partial charge in [0, 0.05) is 18.0 Å². The summed E-state index contributed by atoms with van der Waals surface area (Å²) in [5.74, 6) is -1.03. The lowest BCUT2D eigenvalue weighted by Crippen LogP contribution is -2.22. The SMILES string of the molecule is COC(=O)CC(C(C)C)C(C#N)c1cnccc1C#N. The summed E-state index contributed by atoms with van der Waals surface area (Å²) in [6.07, 6.45) is 3.19. The first-order chi connectivity index (χ1) is 9.54. The van der Waals surface area contributed by atoms with Crippen molar-refractivity contribution in [1.82, 2.24) is 4.98 Å². The van der Waals surface area contributed by atoms with E-state index in [1.165, 1.54) is 19.5 Å². The third kappa shape index (κ3) is 3.55. The fourth-order valence-corrected chi connectivity index (χ4v) is 2.17. The zero-order chi connectivity index (χ0) is 15.1. The maximum absolute atomic E-state index is 11.5. The second kappa shape index (κ2) is 7.25. The highest BCUT2D eigenvalue weighted by atomic mass is 16.5. The van der Waals surface area contributed by atoms with Crippen molar-refractivity contribution >= 4 is 5.97 Å². The molecule has 0 aliphatic rings. The summed E-state index contributed by atoms with van der Waals surface area (Å²) in [6.45, 7) is 3.89. The number of pyridine rings is 1. The minimum absolute atomic E-state index is 0.102. The van der Waals surface area contributed by atoms with Crippen LogP contribution in [0.5, 0.6) is 0 Å². The van der Waals surface area contributed by atoms with Gasteiger partial charge in [-0.25, -0.2) is 0 Å². The molecule has 0 N–H and O–H groups in total. The van der Waals surface area contributed by atoms with Crippen molar-refractivity contribution in [3.63, 3.8) is 0 Å². The Morgan fingerprint density at radius 1 is 1.45 bits per heavy atom. The van der Waals surface area contributed by atoms with E-state index < -0.39 is 5.92 Å². The van der Waals surface area contributed by atoms with Gasteiger partial charge in [-0.15, -0.1) is 0 Å². The monoisotopic (exact) mass is 271 g/mol. The van der Waals surface area contributed by atoms with Crippen molar-refractivity contribution in [3.8, 4) is 12.1 Å². The zero-order valence-corrected chi connectivity index (χ0v) is 11.8. The summed E-state index contributed by atoms with van der Waals surface area (Å²) in [6, 6.07) is 5.85. The first-order valence-electron chi connectivity index (χ1n) is 6.35. The van der Waals surface area contributed by atoms with Crippen molar-refractivity contribution in [2.24, 2.45) is 11.8 Å². The van der Waals surface area contributed by atoms with Gasteiger partial charge < -0.3 is 4.74 Å². The van der Waals surface area contributed by atoms with E-state index in [0.717, 1.165) is 0 Å². The van der Waals surface area contributed by atoms with Crippen LogP contribution in [0.4, 0.5) is 0 Å². The number of hydrogen-bond acceptors (Lipinski definition) is 5. The highest BCUT2D eigenvalue weighted by molar-refractivity contribution is 5.69. The van der Waals surface area contributed by atoms with E-state index in [-0.39, 0.29) is 24.2 Å². The van der Waals surface area contributed by atoms with E-state index in [1.54, 1.807) is 6.07 Å². The number of nitrogens with zero attached hydrogens (tertiary/aromatic N) is 3. The van der Waals surface area contributed by atoms with E-state index in [0.29, 0.717) is 11.1 Å². The number of esters is 1. The van der Waals surface area contributed by atoms with Gasteiger partial charge in [-0.05, 0) is 17.9 Å². The van der Waals surface area contributed by atoms with Crippen molar-refractivity contribution in [2.45, 2.75) is 26.2 Å². The fraction of sp³-hybridized carbons (Fsp3) is 0.467. The first kappa shape index (κ1) is 15.7. The van der Waals surface area contributed by atoms with Gasteiger partial charge in [-0.2, -0.15) is 10.5 Å². The number of rotatable bonds is 5. The molecule has 1 heterocycles. The molecule has 0 fully saturated rings. The second-order valence-electron chi connectivity index (χ2n) is 4.87. The molecule has 5 heteroatoms. The lowest BCUT2D eigenvalue weighted by Gasteiger charge is -2.25. The number of methoxy groups -OCH3 is 1. The highest BCUT2D eigenvalue weighted by Gasteiger charge is 2.30. The van der Waals surface area contributed by atoms with Gasteiger partial charge in [0.05, 0.1) is 37.2 Å². The topological polar surface area (TPSA) is 86.8 Å². The number of ether oxygens (including phenoxy) is 1. The van der Waals surface area contributed by atoms with Gasteiger partial charge in [0.25, 0.3) is 0 Å². The van der Waals surface area contributed by atoms with Gasteiger partial charge >= 0.3 is 5.97 Å². The molecule has 0 radical (unpaired) electrons. The highest BCUT2D eigenvalue weighted by Crippen LogP contribution is 2.33. The number of aromatic nitrogens is 1. The lowest BCUT2D eigenvalue weighted by atomic mass is 9.77. The van der Waals surface area contributed by atoms with E-state index in [1.807, 2.05) is 13.8 Å². The predicted octanol–water partition coefficient (Wildman–Crippen LogP) is 2.40. The van der Waals surface area contributed by atoms with E-state index in [2.05, 4.69) is 21.9 Å². The van der Waals surface area contributed by atoms with Gasteiger partial charge in [0.15, 0.2) is 0 Å². The second-order valence-corrected chi connectivity index (χ2v) is 4.87. The quantitative estimate of drug-likeness (QED) is 0.767. The summed E-state index contributed by atoms with van der Waals surface area (Å²) in [5.41, 5.74) is 0.988. The van der Waals surface area contributed by atoms with Crippen LogP contribution in [0.2, 0.25) is 0 Å². The number of hydrogen-bond donors (Lipinski definition) is 0. The molecule has 1 aromatic rings. The van der Waals surface area contributed by atoms with Crippen molar-refractivity contribution < 1.29 is 9.53 Å². The van der Waals surface area contributed by atoms with Gasteiger partial charge in [0.2, 0.25) is 0 Å². The van der Waals surface area contributed by atoms with E-state index in [9.17, 15) is 10.1 Å². The smallest absolute Gasteiger partial charge is 0.305 e. The van der Waals surface area contributed by atoms with Crippen LogP contribution >= 0.6 is 0 Å². The molecular weight excluding hydrogens is 254 g/mol. The summed E-state index contributed by atoms with van der Waals surface area (Å²) in [5, 5.41) is 18.6. The molecule has 0 spiro atoms. The Balaban J connectivity index is 3.18. The molecule has 2 atom stereocenters. The summed E-state index contributed by atoms with van der Waals surface area (Å²) < 4.78 is 4.69. The molecule has 104 valence electrons. The van der Waals surface area contributed by atoms with Gasteiger partial charge in [-0.1, -0.05) is 13.8 Å². The molecule has 20 heavy (non-hydrogen) atoms. The molecule has 2 unspecified atom stereocenters. The molecule has 5 nitrogen and oxygen atoms in total. The molecule has 0 aliphatic heterocycles. The van der Waals surface area contributed by atoms with Crippen LogP contribution < -0.4 is 0 Å². The third-order valence-corrected chi connectivity index (χ3v) is 3.36. The van der Waals surface area contributed by atoms with Crippen LogP contribution in [0.1, 0.15) is 37.3 Å². The Hall–Kier alpha value is -2.40. The van der Waals surface area contributed by atoms with Crippen LogP contribution in [0.3, 0.4) is 0 Å². The predicted molar refractivity (Wildman–Crippen MR) is 72.3 cm³/mol. The van der Waals surface area contributed by atoms with Crippen molar-refractivity contribution in [3.05, 3.63) is 29.6 Å². The van der Waals surface area contributed by atoms with E-state index >= 15 is 0 Å². The maximum atomic E-state index is 11.5. The average molecular weight is 271 g/mol. The minimum atomic E-state index is -0.558. The zero-order valence-electron chi connectivity index (χ0n) is 11.8. The van der Waals surface area contributed by atoms with E-state index in [4.69, 9.17) is 5.26 Å². The van der Waals surface area contributed by atoms with Gasteiger partial charge in [-0.3, -0.25) is 9.78 Å². The third-order valence-electron chi connectivity index (χ3n) is 3.36. The Bertz CT molecular complexity index is 555. The molecule has 0 amide bonds. The van der Waals surface area contributed by atoms with Crippen molar-refractivity contribution in [2.75, 3.05) is 7.11 Å².